The van der Waals surface area contributed by atoms with Gasteiger partial charge in [0.2, 0.25) is 10.0 Å². The van der Waals surface area contributed by atoms with E-state index in [2.05, 4.69) is 20.7 Å². The summed E-state index contributed by atoms with van der Waals surface area (Å²) in [5, 5.41) is 8.98. The van der Waals surface area contributed by atoms with Crippen LogP contribution in [0.25, 0.3) is 0 Å². The van der Waals surface area contributed by atoms with Gasteiger partial charge in [0, 0.05) is 16.3 Å². The fourth-order valence-corrected chi connectivity index (χ4v) is 3.80. The van der Waals surface area contributed by atoms with Crippen LogP contribution in [0.4, 0.5) is 0 Å². The standard InChI is InChI=1S/C11H14BrNO4S2/c1-7(18-2)6-13-19(16,17)10-4-3-8(11(14)15)5-9(10)12/h3-5,7,13H,6H2,1-2H3,(H,14,15). The number of sulfonamides is 1. The lowest BCUT2D eigenvalue weighted by Gasteiger charge is -2.12. The van der Waals surface area contributed by atoms with Crippen LogP contribution in [0.2, 0.25) is 0 Å². The molecule has 8 heteroatoms. The van der Waals surface area contributed by atoms with Gasteiger partial charge in [-0.25, -0.2) is 17.9 Å². The summed E-state index contributed by atoms with van der Waals surface area (Å²) in [6.07, 6.45) is 1.90. The van der Waals surface area contributed by atoms with Crippen molar-refractivity contribution in [2.45, 2.75) is 17.1 Å². The quantitative estimate of drug-likeness (QED) is 0.804. The Morgan fingerprint density at radius 1 is 1.53 bits per heavy atom. The van der Waals surface area contributed by atoms with Gasteiger partial charge in [0.15, 0.2) is 0 Å². The minimum absolute atomic E-state index is 0.0308. The molecule has 106 valence electrons. The van der Waals surface area contributed by atoms with Gasteiger partial charge in [0.25, 0.3) is 0 Å². The number of nitrogens with one attached hydrogen (secondary N) is 1. The van der Waals surface area contributed by atoms with E-state index >= 15 is 0 Å². The van der Waals surface area contributed by atoms with Crippen LogP contribution in [-0.2, 0) is 10.0 Å². The number of carbonyl (C=O) groups is 1. The van der Waals surface area contributed by atoms with Gasteiger partial charge < -0.3 is 5.11 Å². The number of carboxylic acid groups (broad SMARTS) is 1. The number of carboxylic acids is 1. The zero-order chi connectivity index (χ0) is 14.6. The van der Waals surface area contributed by atoms with Gasteiger partial charge >= 0.3 is 5.97 Å². The second-order valence-electron chi connectivity index (χ2n) is 3.85. The Bertz CT molecular complexity index is 574. The van der Waals surface area contributed by atoms with E-state index in [1.165, 1.54) is 18.2 Å². The summed E-state index contributed by atoms with van der Waals surface area (Å²) in [6, 6.07) is 3.81. The molecule has 1 atom stereocenters. The maximum Gasteiger partial charge on any atom is 0.335 e. The van der Waals surface area contributed by atoms with Gasteiger partial charge in [0.05, 0.1) is 10.5 Å². The number of thioether (sulfide) groups is 1. The first-order valence-electron chi connectivity index (χ1n) is 5.33. The van der Waals surface area contributed by atoms with Crippen molar-refractivity contribution >= 4 is 43.7 Å². The Morgan fingerprint density at radius 3 is 2.63 bits per heavy atom. The summed E-state index contributed by atoms with van der Waals surface area (Å²) in [5.41, 5.74) is 0.0308. The van der Waals surface area contributed by atoms with Crippen molar-refractivity contribution in [3.05, 3.63) is 28.2 Å². The molecule has 19 heavy (non-hydrogen) atoms. The molecule has 0 heterocycles. The Morgan fingerprint density at radius 2 is 2.16 bits per heavy atom. The van der Waals surface area contributed by atoms with Crippen molar-refractivity contribution in [3.63, 3.8) is 0 Å². The monoisotopic (exact) mass is 367 g/mol. The molecule has 0 saturated carbocycles. The van der Waals surface area contributed by atoms with Crippen LogP contribution < -0.4 is 4.72 Å². The van der Waals surface area contributed by atoms with E-state index in [0.717, 1.165) is 0 Å². The maximum atomic E-state index is 12.1. The van der Waals surface area contributed by atoms with Crippen LogP contribution in [0.15, 0.2) is 27.6 Å². The molecule has 1 rings (SSSR count). The largest absolute Gasteiger partial charge is 0.478 e. The molecular formula is C11H14BrNO4S2. The molecule has 0 aliphatic rings. The van der Waals surface area contributed by atoms with Crippen molar-refractivity contribution in [2.24, 2.45) is 0 Å². The summed E-state index contributed by atoms with van der Waals surface area (Å²) in [7, 11) is -3.64. The van der Waals surface area contributed by atoms with E-state index < -0.39 is 16.0 Å². The molecular weight excluding hydrogens is 354 g/mol. The van der Waals surface area contributed by atoms with E-state index in [9.17, 15) is 13.2 Å². The van der Waals surface area contributed by atoms with Gasteiger partial charge in [-0.15, -0.1) is 0 Å². The Hall–Kier alpha value is -0.570. The number of halogens is 1. The molecule has 0 radical (unpaired) electrons. The van der Waals surface area contributed by atoms with E-state index in [-0.39, 0.29) is 20.2 Å². The van der Waals surface area contributed by atoms with Crippen LogP contribution in [0.5, 0.6) is 0 Å². The highest BCUT2D eigenvalue weighted by atomic mass is 79.9. The van der Waals surface area contributed by atoms with Crippen molar-refractivity contribution in [2.75, 3.05) is 12.8 Å². The van der Waals surface area contributed by atoms with Crippen LogP contribution in [0, 0.1) is 0 Å². The fraction of sp³-hybridized carbons (Fsp3) is 0.364. The smallest absolute Gasteiger partial charge is 0.335 e. The van der Waals surface area contributed by atoms with E-state index in [0.29, 0.717) is 6.54 Å². The third-order valence-electron chi connectivity index (χ3n) is 2.43. The van der Waals surface area contributed by atoms with E-state index in [1.807, 2.05) is 13.2 Å². The van der Waals surface area contributed by atoms with Crippen LogP contribution >= 0.6 is 27.7 Å². The highest BCUT2D eigenvalue weighted by Gasteiger charge is 2.19. The number of rotatable bonds is 6. The molecule has 5 nitrogen and oxygen atoms in total. The van der Waals surface area contributed by atoms with Crippen LogP contribution in [0.1, 0.15) is 17.3 Å². The first-order valence-corrected chi connectivity index (χ1v) is 8.89. The molecule has 0 bridgehead atoms. The lowest BCUT2D eigenvalue weighted by atomic mass is 10.2. The number of hydrogen-bond donors (Lipinski definition) is 2. The van der Waals surface area contributed by atoms with Gasteiger partial charge in [-0.1, -0.05) is 6.92 Å². The summed E-state index contributed by atoms with van der Waals surface area (Å²) >= 11 is 4.64. The minimum atomic E-state index is -3.64. The average Bonchev–Trinajstić information content (AvgIpc) is 2.35. The summed E-state index contributed by atoms with van der Waals surface area (Å²) in [6.45, 7) is 2.23. The molecule has 1 unspecified atom stereocenters. The SMILES string of the molecule is CSC(C)CNS(=O)(=O)c1ccc(C(=O)O)cc1Br. The fourth-order valence-electron chi connectivity index (χ4n) is 1.24. The molecule has 0 fully saturated rings. The van der Waals surface area contributed by atoms with Gasteiger partial charge in [-0.2, -0.15) is 11.8 Å². The van der Waals surface area contributed by atoms with E-state index in [4.69, 9.17) is 5.11 Å². The topological polar surface area (TPSA) is 83.5 Å². The van der Waals surface area contributed by atoms with Crippen molar-refractivity contribution in [1.29, 1.82) is 0 Å². The Balaban J connectivity index is 2.99. The van der Waals surface area contributed by atoms with Crippen molar-refractivity contribution in [1.82, 2.24) is 4.72 Å². The minimum Gasteiger partial charge on any atom is -0.478 e. The highest BCUT2D eigenvalue weighted by Crippen LogP contribution is 2.23. The first-order chi connectivity index (χ1) is 8.77. The molecule has 1 aromatic carbocycles. The Labute approximate surface area is 125 Å². The van der Waals surface area contributed by atoms with Crippen molar-refractivity contribution < 1.29 is 18.3 Å². The van der Waals surface area contributed by atoms with E-state index in [1.54, 1.807) is 11.8 Å². The predicted molar refractivity (Wildman–Crippen MR) is 79.3 cm³/mol. The second-order valence-corrected chi connectivity index (χ2v) is 7.71. The molecule has 0 saturated heterocycles. The predicted octanol–water partition coefficient (Wildman–Crippen LogP) is 2.18. The lowest BCUT2D eigenvalue weighted by Crippen LogP contribution is -2.29. The second kappa shape index (κ2) is 6.74. The number of hydrogen-bond acceptors (Lipinski definition) is 4. The molecule has 0 aliphatic carbocycles. The molecule has 0 aromatic heterocycles. The molecule has 0 spiro atoms. The van der Waals surface area contributed by atoms with Crippen LogP contribution in [-0.4, -0.2) is 37.5 Å². The normalized spacial score (nSPS) is 13.2. The van der Waals surface area contributed by atoms with Gasteiger partial charge in [-0.05, 0) is 40.4 Å². The molecule has 0 aliphatic heterocycles. The van der Waals surface area contributed by atoms with Crippen molar-refractivity contribution in [3.8, 4) is 0 Å². The highest BCUT2D eigenvalue weighted by molar-refractivity contribution is 9.10. The third kappa shape index (κ3) is 4.48. The Kier molecular flexibility index (Phi) is 5.84. The average molecular weight is 368 g/mol. The summed E-state index contributed by atoms with van der Waals surface area (Å²) in [5.74, 6) is -1.10. The van der Waals surface area contributed by atoms with Gasteiger partial charge in [0.1, 0.15) is 0 Å². The molecule has 1 aromatic rings. The zero-order valence-corrected chi connectivity index (χ0v) is 13.6. The van der Waals surface area contributed by atoms with Crippen LogP contribution in [0.3, 0.4) is 0 Å². The van der Waals surface area contributed by atoms with Gasteiger partial charge in [-0.3, -0.25) is 0 Å². The number of benzene rings is 1. The summed E-state index contributed by atoms with van der Waals surface area (Å²) in [4.78, 5) is 10.8. The first kappa shape index (κ1) is 16.5. The lowest BCUT2D eigenvalue weighted by molar-refractivity contribution is 0.0696. The molecule has 2 N–H and O–H groups in total. The maximum absolute atomic E-state index is 12.1. The summed E-state index contributed by atoms with van der Waals surface area (Å²) < 4.78 is 26.8. The third-order valence-corrected chi connectivity index (χ3v) is 5.80. The molecule has 0 amide bonds. The zero-order valence-electron chi connectivity index (χ0n) is 10.4. The number of aromatic carboxylic acids is 1.